The van der Waals surface area contributed by atoms with Gasteiger partial charge in [0.05, 0.1) is 6.10 Å². The second kappa shape index (κ2) is 7.04. The molecule has 0 N–H and O–H groups in total. The molecule has 0 unspecified atom stereocenters. The monoisotopic (exact) mass is 222 g/mol. The zero-order chi connectivity index (χ0) is 12.7. The van der Waals surface area contributed by atoms with Crippen LogP contribution in [0.25, 0.3) is 0 Å². The van der Waals surface area contributed by atoms with Crippen molar-refractivity contribution in [1.29, 1.82) is 0 Å². The van der Waals surface area contributed by atoms with E-state index in [1.165, 1.54) is 0 Å². The van der Waals surface area contributed by atoms with Gasteiger partial charge in [-0.05, 0) is 44.6 Å². The van der Waals surface area contributed by atoms with Crippen LogP contribution in [0.4, 0.5) is 0 Å². The molecule has 90 valence electrons. The Labute approximate surface area is 98.7 Å². The summed E-state index contributed by atoms with van der Waals surface area (Å²) in [6.07, 6.45) is 5.22. The van der Waals surface area contributed by atoms with Crippen LogP contribution in [0.1, 0.15) is 34.6 Å². The summed E-state index contributed by atoms with van der Waals surface area (Å²) in [7, 11) is 0. The van der Waals surface area contributed by atoms with Crippen LogP contribution in [0.2, 0.25) is 0 Å². The van der Waals surface area contributed by atoms with E-state index in [0.29, 0.717) is 5.76 Å². The summed E-state index contributed by atoms with van der Waals surface area (Å²) in [5.74, 6) is 0.851. The number of rotatable bonds is 6. The van der Waals surface area contributed by atoms with Crippen LogP contribution in [-0.4, -0.2) is 11.9 Å². The van der Waals surface area contributed by atoms with E-state index < -0.39 is 0 Å². The number of hydrogen-bond donors (Lipinski definition) is 0. The van der Waals surface area contributed by atoms with Crippen molar-refractivity contribution in [2.75, 3.05) is 0 Å². The molecule has 16 heavy (non-hydrogen) atoms. The van der Waals surface area contributed by atoms with Gasteiger partial charge in [-0.25, -0.2) is 0 Å². The van der Waals surface area contributed by atoms with Gasteiger partial charge in [0.25, 0.3) is 0 Å². The third kappa shape index (κ3) is 6.23. The third-order valence-electron chi connectivity index (χ3n) is 1.88. The van der Waals surface area contributed by atoms with E-state index in [-0.39, 0.29) is 17.8 Å². The summed E-state index contributed by atoms with van der Waals surface area (Å²) >= 11 is 0. The van der Waals surface area contributed by atoms with Crippen molar-refractivity contribution in [3.05, 3.63) is 36.1 Å². The molecular weight excluding hydrogens is 200 g/mol. The first-order chi connectivity index (χ1) is 7.36. The minimum absolute atomic E-state index is 0.0292. The van der Waals surface area contributed by atoms with Gasteiger partial charge in [-0.2, -0.15) is 0 Å². The fraction of sp³-hybridized carbons (Fsp3) is 0.500. The predicted octanol–water partition coefficient (Wildman–Crippen LogP) is 3.65. The van der Waals surface area contributed by atoms with Gasteiger partial charge < -0.3 is 4.74 Å². The van der Waals surface area contributed by atoms with E-state index in [0.717, 1.165) is 5.57 Å². The normalized spacial score (nSPS) is 13.2. The molecule has 2 nitrogen and oxygen atoms in total. The molecule has 0 saturated carbocycles. The van der Waals surface area contributed by atoms with Crippen molar-refractivity contribution < 1.29 is 9.53 Å². The maximum Gasteiger partial charge on any atom is 0.158 e. The van der Waals surface area contributed by atoms with Crippen molar-refractivity contribution in [2.24, 2.45) is 5.92 Å². The first-order valence-electron chi connectivity index (χ1n) is 5.59. The van der Waals surface area contributed by atoms with Crippen LogP contribution in [0, 0.1) is 5.92 Å². The predicted molar refractivity (Wildman–Crippen MR) is 68.1 cm³/mol. The van der Waals surface area contributed by atoms with Gasteiger partial charge in [-0.1, -0.05) is 20.4 Å². The molecule has 0 saturated heterocycles. The Morgan fingerprint density at radius 3 is 2.12 bits per heavy atom. The second-order valence-electron chi connectivity index (χ2n) is 4.36. The highest BCUT2D eigenvalue weighted by molar-refractivity contribution is 5.92. The Morgan fingerprint density at radius 1 is 1.19 bits per heavy atom. The zero-order valence-electron chi connectivity index (χ0n) is 10.9. The summed E-state index contributed by atoms with van der Waals surface area (Å²) in [4.78, 5) is 11.5. The lowest BCUT2D eigenvalue weighted by Crippen LogP contribution is -2.04. The fourth-order valence-electron chi connectivity index (χ4n) is 1.07. The molecule has 0 atom stereocenters. The fourth-order valence-corrected chi connectivity index (χ4v) is 1.07. The Balaban J connectivity index is 4.71. The number of allylic oxidation sites excluding steroid dienone is 4. The van der Waals surface area contributed by atoms with Crippen LogP contribution in [0.5, 0.6) is 0 Å². The lowest BCUT2D eigenvalue weighted by Gasteiger charge is -2.10. The smallest absolute Gasteiger partial charge is 0.158 e. The van der Waals surface area contributed by atoms with E-state index >= 15 is 0 Å². The molecule has 0 aromatic heterocycles. The molecule has 0 aliphatic carbocycles. The van der Waals surface area contributed by atoms with Gasteiger partial charge in [-0.3, -0.25) is 4.79 Å². The average Bonchev–Trinajstić information content (AvgIpc) is 2.15. The van der Waals surface area contributed by atoms with E-state index in [1.807, 2.05) is 40.7 Å². The van der Waals surface area contributed by atoms with Gasteiger partial charge >= 0.3 is 0 Å². The Kier molecular flexibility index (Phi) is 6.47. The third-order valence-corrected chi connectivity index (χ3v) is 1.88. The van der Waals surface area contributed by atoms with Crippen LogP contribution in [0.15, 0.2) is 36.1 Å². The van der Waals surface area contributed by atoms with Crippen molar-refractivity contribution >= 4 is 5.78 Å². The average molecular weight is 222 g/mol. The molecule has 0 aromatic rings. The minimum atomic E-state index is 0.0292. The number of ether oxygens (including phenoxy) is 1. The SMILES string of the molecule is C=C/C(=C\C(C)=C\C(=O)C(C)C)OC(C)C. The van der Waals surface area contributed by atoms with Crippen molar-refractivity contribution in [1.82, 2.24) is 0 Å². The number of carbonyl (C=O) groups is 1. The number of ketones is 1. The van der Waals surface area contributed by atoms with Gasteiger partial charge in [0.15, 0.2) is 5.78 Å². The molecule has 2 heteroatoms. The lowest BCUT2D eigenvalue weighted by molar-refractivity contribution is -0.117. The van der Waals surface area contributed by atoms with Crippen LogP contribution < -0.4 is 0 Å². The van der Waals surface area contributed by atoms with Gasteiger partial charge in [0, 0.05) is 5.92 Å². The maximum absolute atomic E-state index is 11.5. The molecule has 0 bridgehead atoms. The second-order valence-corrected chi connectivity index (χ2v) is 4.36. The summed E-state index contributed by atoms with van der Waals surface area (Å²) in [6.45, 7) is 13.2. The van der Waals surface area contributed by atoms with Gasteiger partial charge in [0.2, 0.25) is 0 Å². The van der Waals surface area contributed by atoms with Crippen LogP contribution in [-0.2, 0) is 9.53 Å². The summed E-state index contributed by atoms with van der Waals surface area (Å²) < 4.78 is 5.50. The molecule has 0 radical (unpaired) electrons. The Hall–Kier alpha value is -1.31. The highest BCUT2D eigenvalue weighted by atomic mass is 16.5. The first-order valence-corrected chi connectivity index (χ1v) is 5.59. The van der Waals surface area contributed by atoms with E-state index in [4.69, 9.17) is 4.74 Å². The zero-order valence-corrected chi connectivity index (χ0v) is 10.9. The lowest BCUT2D eigenvalue weighted by atomic mass is 10.1. The van der Waals surface area contributed by atoms with Crippen molar-refractivity contribution in [2.45, 2.75) is 40.7 Å². The first kappa shape index (κ1) is 14.7. The number of hydrogen-bond acceptors (Lipinski definition) is 2. The summed E-state index contributed by atoms with van der Waals surface area (Å²) in [6, 6.07) is 0. The molecule has 0 aliphatic heterocycles. The molecule has 0 aromatic carbocycles. The highest BCUT2D eigenvalue weighted by Crippen LogP contribution is 2.09. The molecule has 0 spiro atoms. The molecule has 0 heterocycles. The number of carbonyl (C=O) groups excluding carboxylic acids is 1. The molecule has 0 fully saturated rings. The van der Waals surface area contributed by atoms with Crippen molar-refractivity contribution in [3.63, 3.8) is 0 Å². The topological polar surface area (TPSA) is 26.3 Å². The van der Waals surface area contributed by atoms with Gasteiger partial charge in [0.1, 0.15) is 5.76 Å². The van der Waals surface area contributed by atoms with E-state index in [9.17, 15) is 4.79 Å². The summed E-state index contributed by atoms with van der Waals surface area (Å²) in [5, 5.41) is 0. The molecule has 0 rings (SSSR count). The largest absolute Gasteiger partial charge is 0.491 e. The highest BCUT2D eigenvalue weighted by Gasteiger charge is 2.03. The summed E-state index contributed by atoms with van der Waals surface area (Å²) in [5.41, 5.74) is 0.884. The molecular formula is C14H22O2. The minimum Gasteiger partial charge on any atom is -0.491 e. The van der Waals surface area contributed by atoms with Crippen LogP contribution >= 0.6 is 0 Å². The standard InChI is InChI=1S/C14H22O2/c1-7-13(16-11(4)5)8-12(6)9-14(15)10(2)3/h7-11H,1H2,2-6H3/b12-9+,13-8+. The Morgan fingerprint density at radius 2 is 1.75 bits per heavy atom. The van der Waals surface area contributed by atoms with Crippen molar-refractivity contribution in [3.8, 4) is 0 Å². The van der Waals surface area contributed by atoms with E-state index in [2.05, 4.69) is 6.58 Å². The molecule has 0 amide bonds. The van der Waals surface area contributed by atoms with E-state index in [1.54, 1.807) is 12.2 Å². The maximum atomic E-state index is 11.5. The molecule has 0 aliphatic rings. The Bertz CT molecular complexity index is 307. The van der Waals surface area contributed by atoms with Gasteiger partial charge in [-0.15, -0.1) is 0 Å². The van der Waals surface area contributed by atoms with Crippen LogP contribution in [0.3, 0.4) is 0 Å². The quantitative estimate of drug-likeness (QED) is 0.389.